The molecule has 12 heavy (non-hydrogen) atoms. The van der Waals surface area contributed by atoms with E-state index in [9.17, 15) is 4.79 Å². The predicted molar refractivity (Wildman–Crippen MR) is 51.8 cm³/mol. The summed E-state index contributed by atoms with van der Waals surface area (Å²) in [5.74, 6) is -0.710. The van der Waals surface area contributed by atoms with Crippen molar-refractivity contribution in [2.75, 3.05) is 32.1 Å². The van der Waals surface area contributed by atoms with E-state index in [2.05, 4.69) is 22.1 Å². The van der Waals surface area contributed by atoms with E-state index in [1.165, 1.54) is 0 Å². The Morgan fingerprint density at radius 3 is 2.75 bits per heavy atom. The van der Waals surface area contributed by atoms with Crippen LogP contribution in [0, 0.1) is 0 Å². The van der Waals surface area contributed by atoms with Gasteiger partial charge in [-0.15, -0.1) is 0 Å². The van der Waals surface area contributed by atoms with Crippen LogP contribution in [0.15, 0.2) is 0 Å². The van der Waals surface area contributed by atoms with Gasteiger partial charge in [-0.25, -0.2) is 11.1 Å². The van der Waals surface area contributed by atoms with Gasteiger partial charge in [0.05, 0.1) is 0 Å². The lowest BCUT2D eigenvalue weighted by Crippen LogP contribution is -2.53. The monoisotopic (exact) mass is 192 g/mol. The molecule has 0 aromatic heterocycles. The van der Waals surface area contributed by atoms with Gasteiger partial charge < -0.3 is 10.4 Å². The highest BCUT2D eigenvalue weighted by molar-refractivity contribution is 8.13. The second-order valence-electron chi connectivity index (χ2n) is 3.07. The van der Waals surface area contributed by atoms with Crippen LogP contribution in [0.2, 0.25) is 0 Å². The lowest BCUT2D eigenvalue weighted by molar-refractivity contribution is -0.141. The van der Waals surface area contributed by atoms with E-state index < -0.39 is 5.97 Å². The molecule has 2 N–H and O–H groups in total. The topological polar surface area (TPSA) is 52.6 Å². The fraction of sp³-hybridized carbons (Fsp3) is 0.857. The molecular weight excluding hydrogens is 176 g/mol. The molecule has 0 aromatic rings. The van der Waals surface area contributed by atoms with Crippen molar-refractivity contribution in [1.82, 2.24) is 9.62 Å². The number of aliphatic carboxylic acids is 1. The van der Waals surface area contributed by atoms with Gasteiger partial charge in [0.2, 0.25) is 0 Å². The Bertz CT molecular complexity index is 175. The van der Waals surface area contributed by atoms with Gasteiger partial charge in [-0.05, 0) is 12.5 Å². The maximum absolute atomic E-state index is 10.8. The van der Waals surface area contributed by atoms with Gasteiger partial charge in [0.1, 0.15) is 6.04 Å². The van der Waals surface area contributed by atoms with E-state index in [4.69, 9.17) is 5.11 Å². The summed E-state index contributed by atoms with van der Waals surface area (Å²) in [5.41, 5.74) is 0. The molecule has 1 atom stereocenters. The number of rotatable bonds is 2. The van der Waals surface area contributed by atoms with Gasteiger partial charge in [0.15, 0.2) is 0 Å². The summed E-state index contributed by atoms with van der Waals surface area (Å²) in [6.45, 7) is 2.34. The van der Waals surface area contributed by atoms with Crippen molar-refractivity contribution in [2.24, 2.45) is 0 Å². The molecule has 0 radical (unpaired) electrons. The first-order valence-electron chi connectivity index (χ1n) is 4.00. The molecule has 1 aliphatic rings. The molecule has 1 rings (SSSR count). The molecule has 72 valence electrons. The summed E-state index contributed by atoms with van der Waals surface area (Å²) >= 11 is -0.278. The fourth-order valence-electron chi connectivity index (χ4n) is 1.39. The first-order valence-corrected chi connectivity index (χ1v) is 6.19. The van der Waals surface area contributed by atoms with Crippen molar-refractivity contribution in [2.45, 2.75) is 6.04 Å². The van der Waals surface area contributed by atoms with Gasteiger partial charge in [0, 0.05) is 19.6 Å². The Morgan fingerprint density at radius 1 is 1.67 bits per heavy atom. The van der Waals surface area contributed by atoms with Gasteiger partial charge in [-0.2, -0.15) is 0 Å². The molecule has 0 bridgehead atoms. The number of hydrogen-bond acceptors (Lipinski definition) is 3. The standard InChI is InChI=1S/C7H16N2O2S/c1-12(2)9-4-3-8-5-6(9)7(10)11/h6,8,12H,3-5H2,1-2H3,(H,10,11)/t6-/m0/s1. The summed E-state index contributed by atoms with van der Waals surface area (Å²) in [6, 6.07) is -0.320. The van der Waals surface area contributed by atoms with Gasteiger partial charge in [-0.3, -0.25) is 9.10 Å². The molecule has 0 aromatic carbocycles. The lowest BCUT2D eigenvalue weighted by atomic mass is 10.2. The number of carboxylic acids is 1. The zero-order chi connectivity index (χ0) is 9.14. The average Bonchev–Trinajstić information content (AvgIpc) is 2.04. The molecule has 4 nitrogen and oxygen atoms in total. The molecule has 1 saturated heterocycles. The first kappa shape index (κ1) is 9.83. The highest BCUT2D eigenvalue weighted by atomic mass is 32.2. The van der Waals surface area contributed by atoms with Crippen molar-refractivity contribution in [3.63, 3.8) is 0 Å². The third-order valence-corrected chi connectivity index (χ3v) is 3.52. The van der Waals surface area contributed by atoms with Crippen LogP contribution in [0.1, 0.15) is 0 Å². The third-order valence-electron chi connectivity index (χ3n) is 2.01. The summed E-state index contributed by atoms with van der Waals surface area (Å²) in [6.07, 6.45) is 4.19. The number of thiol groups is 1. The second kappa shape index (κ2) is 4.11. The SMILES string of the molecule is C[SH](C)N1CCNC[C@H]1C(=O)O. The Morgan fingerprint density at radius 2 is 2.33 bits per heavy atom. The molecule has 0 amide bonds. The Kier molecular flexibility index (Phi) is 3.37. The van der Waals surface area contributed by atoms with E-state index in [0.29, 0.717) is 6.54 Å². The Labute approximate surface area is 75.4 Å². The molecule has 0 unspecified atom stereocenters. The van der Waals surface area contributed by atoms with Crippen molar-refractivity contribution < 1.29 is 9.90 Å². The van der Waals surface area contributed by atoms with Crippen molar-refractivity contribution in [1.29, 1.82) is 0 Å². The molecule has 1 fully saturated rings. The number of nitrogens with one attached hydrogen (secondary N) is 1. The van der Waals surface area contributed by atoms with Crippen LogP contribution >= 0.6 is 11.1 Å². The number of carboxylic acid groups (broad SMARTS) is 1. The highest BCUT2D eigenvalue weighted by Gasteiger charge is 2.28. The first-order chi connectivity index (χ1) is 5.63. The molecule has 0 saturated carbocycles. The molecular formula is C7H16N2O2S. The summed E-state index contributed by atoms with van der Waals surface area (Å²) in [5, 5.41) is 12.0. The summed E-state index contributed by atoms with van der Waals surface area (Å²) in [4.78, 5) is 10.8. The Balaban J connectivity index is 2.60. The van der Waals surface area contributed by atoms with Crippen LogP contribution in [0.25, 0.3) is 0 Å². The van der Waals surface area contributed by atoms with E-state index in [0.717, 1.165) is 13.1 Å². The summed E-state index contributed by atoms with van der Waals surface area (Å²) in [7, 11) is 0. The van der Waals surface area contributed by atoms with E-state index in [1.54, 1.807) is 0 Å². The zero-order valence-corrected chi connectivity index (χ0v) is 8.34. The van der Waals surface area contributed by atoms with Crippen molar-refractivity contribution in [3.8, 4) is 0 Å². The second-order valence-corrected chi connectivity index (χ2v) is 5.28. The zero-order valence-electron chi connectivity index (χ0n) is 7.45. The minimum Gasteiger partial charge on any atom is -0.480 e. The largest absolute Gasteiger partial charge is 0.480 e. The summed E-state index contributed by atoms with van der Waals surface area (Å²) < 4.78 is 2.08. The number of piperazine rings is 1. The van der Waals surface area contributed by atoms with Crippen LogP contribution in [-0.4, -0.2) is 53.6 Å². The van der Waals surface area contributed by atoms with Gasteiger partial charge in [0.25, 0.3) is 0 Å². The average molecular weight is 192 g/mol. The molecule has 0 spiro atoms. The molecule has 0 aliphatic carbocycles. The van der Waals surface area contributed by atoms with Crippen molar-refractivity contribution >= 4 is 17.1 Å². The smallest absolute Gasteiger partial charge is 0.323 e. The number of carbonyl (C=O) groups is 1. The number of nitrogens with zero attached hydrogens (tertiary/aromatic N) is 1. The van der Waals surface area contributed by atoms with Crippen LogP contribution in [0.4, 0.5) is 0 Å². The quantitative estimate of drug-likeness (QED) is 0.517. The molecule has 1 aliphatic heterocycles. The van der Waals surface area contributed by atoms with Crippen LogP contribution in [0.3, 0.4) is 0 Å². The molecule has 1 heterocycles. The van der Waals surface area contributed by atoms with Gasteiger partial charge >= 0.3 is 5.97 Å². The number of hydrogen-bond donors (Lipinski definition) is 3. The lowest BCUT2D eigenvalue weighted by Gasteiger charge is -2.37. The fourth-order valence-corrected chi connectivity index (χ4v) is 2.63. The maximum Gasteiger partial charge on any atom is 0.323 e. The van der Waals surface area contributed by atoms with Gasteiger partial charge in [-0.1, -0.05) is 0 Å². The normalized spacial score (nSPS) is 26.8. The van der Waals surface area contributed by atoms with Crippen molar-refractivity contribution in [3.05, 3.63) is 0 Å². The maximum atomic E-state index is 10.8. The van der Waals surface area contributed by atoms with Crippen LogP contribution in [-0.2, 0) is 4.79 Å². The minimum absolute atomic E-state index is 0.278. The Hall–Kier alpha value is -0.260. The van der Waals surface area contributed by atoms with E-state index in [1.807, 2.05) is 0 Å². The third kappa shape index (κ3) is 2.12. The van der Waals surface area contributed by atoms with E-state index in [-0.39, 0.29) is 17.1 Å². The molecule has 5 heteroatoms. The van der Waals surface area contributed by atoms with Crippen LogP contribution in [0.5, 0.6) is 0 Å². The van der Waals surface area contributed by atoms with Crippen LogP contribution < -0.4 is 5.32 Å². The minimum atomic E-state index is -0.710. The predicted octanol–water partition coefficient (Wildman–Crippen LogP) is -0.479. The van der Waals surface area contributed by atoms with E-state index >= 15 is 0 Å². The highest BCUT2D eigenvalue weighted by Crippen LogP contribution is 2.25.